The maximum absolute atomic E-state index is 12.5. The lowest BCUT2D eigenvalue weighted by atomic mass is 10.1. The molecule has 114 valence electrons. The Morgan fingerprint density at radius 1 is 1.41 bits per heavy atom. The van der Waals surface area contributed by atoms with Crippen molar-refractivity contribution in [2.24, 2.45) is 5.92 Å². The Bertz CT molecular complexity index is 726. The van der Waals surface area contributed by atoms with E-state index in [0.29, 0.717) is 18.5 Å². The van der Waals surface area contributed by atoms with Crippen LogP contribution in [0.2, 0.25) is 0 Å². The van der Waals surface area contributed by atoms with Gasteiger partial charge >= 0.3 is 5.97 Å². The third-order valence-electron chi connectivity index (χ3n) is 3.85. The van der Waals surface area contributed by atoms with Crippen LogP contribution in [-0.2, 0) is 4.79 Å². The maximum Gasteiger partial charge on any atom is 0.308 e. The number of aliphatic carboxylic acids is 1. The second kappa shape index (κ2) is 5.88. The molecule has 2 aromatic rings. The molecule has 1 amide bonds. The number of benzene rings is 1. The molecule has 1 N–H and O–H groups in total. The number of aryl methyl sites for hydroxylation is 1. The standard InChI is InChI=1S/C16H16N2O3S/c1-10-17-14(9-22-10)11-3-2-4-12(7-11)15(19)18-6-5-13(8-18)16(20)21/h2-4,7,9,13H,5-6,8H2,1H3,(H,20,21)/t13-/m0/s1. The van der Waals surface area contributed by atoms with Gasteiger partial charge < -0.3 is 10.0 Å². The average Bonchev–Trinajstić information content (AvgIpc) is 3.15. The van der Waals surface area contributed by atoms with E-state index in [9.17, 15) is 9.59 Å². The molecule has 0 spiro atoms. The maximum atomic E-state index is 12.5. The second-order valence-electron chi connectivity index (χ2n) is 5.41. The molecule has 0 bridgehead atoms. The molecule has 1 aliphatic heterocycles. The zero-order valence-corrected chi connectivity index (χ0v) is 13.0. The number of hydrogen-bond donors (Lipinski definition) is 1. The Kier molecular flexibility index (Phi) is 3.94. The SMILES string of the molecule is Cc1nc(-c2cccc(C(=O)N3CC[C@H](C(=O)O)C3)c2)cs1. The first-order valence-electron chi connectivity index (χ1n) is 7.09. The molecule has 3 rings (SSSR count). The van der Waals surface area contributed by atoms with Crippen LogP contribution in [0.3, 0.4) is 0 Å². The Morgan fingerprint density at radius 3 is 2.86 bits per heavy atom. The summed E-state index contributed by atoms with van der Waals surface area (Å²) in [4.78, 5) is 29.6. The molecule has 1 aliphatic rings. The number of thiazole rings is 1. The Balaban J connectivity index is 1.80. The van der Waals surface area contributed by atoms with Crippen LogP contribution >= 0.6 is 11.3 Å². The number of carbonyl (C=O) groups excluding carboxylic acids is 1. The number of hydrogen-bond acceptors (Lipinski definition) is 4. The van der Waals surface area contributed by atoms with E-state index < -0.39 is 11.9 Å². The highest BCUT2D eigenvalue weighted by Crippen LogP contribution is 2.24. The Labute approximate surface area is 132 Å². The third kappa shape index (κ3) is 2.87. The van der Waals surface area contributed by atoms with E-state index in [4.69, 9.17) is 5.11 Å². The number of aromatic nitrogens is 1. The summed E-state index contributed by atoms with van der Waals surface area (Å²) < 4.78 is 0. The average molecular weight is 316 g/mol. The van der Waals surface area contributed by atoms with Gasteiger partial charge in [0, 0.05) is 29.6 Å². The van der Waals surface area contributed by atoms with E-state index in [-0.39, 0.29) is 12.5 Å². The zero-order valence-electron chi connectivity index (χ0n) is 12.2. The lowest BCUT2D eigenvalue weighted by molar-refractivity contribution is -0.141. The topological polar surface area (TPSA) is 70.5 Å². The summed E-state index contributed by atoms with van der Waals surface area (Å²) in [6.07, 6.45) is 0.520. The first-order chi connectivity index (χ1) is 10.5. The van der Waals surface area contributed by atoms with Crippen molar-refractivity contribution in [3.05, 3.63) is 40.2 Å². The summed E-state index contributed by atoms with van der Waals surface area (Å²) in [6, 6.07) is 7.35. The third-order valence-corrected chi connectivity index (χ3v) is 4.62. The fourth-order valence-electron chi connectivity index (χ4n) is 2.64. The van der Waals surface area contributed by atoms with E-state index in [1.807, 2.05) is 30.5 Å². The van der Waals surface area contributed by atoms with Crippen LogP contribution in [0.5, 0.6) is 0 Å². The summed E-state index contributed by atoms with van der Waals surface area (Å²) in [5.41, 5.74) is 2.35. The molecule has 1 atom stereocenters. The van der Waals surface area contributed by atoms with Crippen molar-refractivity contribution in [3.63, 3.8) is 0 Å². The zero-order chi connectivity index (χ0) is 15.7. The highest BCUT2D eigenvalue weighted by Gasteiger charge is 2.31. The number of nitrogens with zero attached hydrogens (tertiary/aromatic N) is 2. The molecule has 0 saturated carbocycles. The van der Waals surface area contributed by atoms with Gasteiger partial charge in [-0.25, -0.2) is 4.98 Å². The molecule has 0 aliphatic carbocycles. The number of carboxylic acid groups (broad SMARTS) is 1. The summed E-state index contributed by atoms with van der Waals surface area (Å²) in [5.74, 6) is -1.40. The first-order valence-corrected chi connectivity index (χ1v) is 7.97. The predicted octanol–water partition coefficient (Wildman–Crippen LogP) is 2.67. The molecule has 0 radical (unpaired) electrons. The lowest BCUT2D eigenvalue weighted by Crippen LogP contribution is -2.29. The van der Waals surface area contributed by atoms with E-state index in [1.165, 1.54) is 0 Å². The van der Waals surface area contributed by atoms with E-state index in [1.54, 1.807) is 22.3 Å². The summed E-state index contributed by atoms with van der Waals surface area (Å²) in [5, 5.41) is 12.0. The van der Waals surface area contributed by atoms with Crippen LogP contribution in [0.15, 0.2) is 29.6 Å². The second-order valence-corrected chi connectivity index (χ2v) is 6.47. The summed E-state index contributed by atoms with van der Waals surface area (Å²) >= 11 is 1.57. The molecule has 1 fully saturated rings. The number of carbonyl (C=O) groups is 2. The van der Waals surface area contributed by atoms with Gasteiger partial charge in [-0.3, -0.25) is 9.59 Å². The van der Waals surface area contributed by atoms with Crippen molar-refractivity contribution in [1.29, 1.82) is 0 Å². The van der Waals surface area contributed by atoms with Gasteiger partial charge in [0.05, 0.1) is 16.6 Å². The molecule has 2 heterocycles. The van der Waals surface area contributed by atoms with Gasteiger partial charge in [-0.2, -0.15) is 0 Å². The molecular weight excluding hydrogens is 300 g/mol. The van der Waals surface area contributed by atoms with Gasteiger partial charge in [0.1, 0.15) is 0 Å². The number of likely N-dealkylation sites (tertiary alicyclic amines) is 1. The van der Waals surface area contributed by atoms with Crippen LogP contribution in [0, 0.1) is 12.8 Å². The first kappa shape index (κ1) is 14.7. The largest absolute Gasteiger partial charge is 0.481 e. The minimum atomic E-state index is -0.831. The van der Waals surface area contributed by atoms with Crippen LogP contribution in [-0.4, -0.2) is 40.0 Å². The predicted molar refractivity (Wildman–Crippen MR) is 83.9 cm³/mol. The smallest absolute Gasteiger partial charge is 0.308 e. The normalized spacial score (nSPS) is 17.7. The fourth-order valence-corrected chi connectivity index (χ4v) is 3.26. The molecule has 1 aromatic carbocycles. The molecule has 22 heavy (non-hydrogen) atoms. The van der Waals surface area contributed by atoms with Crippen molar-refractivity contribution in [3.8, 4) is 11.3 Å². The Morgan fingerprint density at radius 2 is 2.23 bits per heavy atom. The van der Waals surface area contributed by atoms with E-state index >= 15 is 0 Å². The molecular formula is C16H16N2O3S. The monoisotopic (exact) mass is 316 g/mol. The number of carboxylic acids is 1. The van der Waals surface area contributed by atoms with Gasteiger partial charge in [0.2, 0.25) is 0 Å². The Hall–Kier alpha value is -2.21. The molecule has 6 heteroatoms. The quantitative estimate of drug-likeness (QED) is 0.945. The number of rotatable bonds is 3. The minimum absolute atomic E-state index is 0.113. The highest BCUT2D eigenvalue weighted by molar-refractivity contribution is 7.09. The van der Waals surface area contributed by atoms with Crippen LogP contribution in [0.25, 0.3) is 11.3 Å². The molecule has 1 saturated heterocycles. The van der Waals surface area contributed by atoms with E-state index in [2.05, 4.69) is 4.98 Å². The lowest BCUT2D eigenvalue weighted by Gasteiger charge is -2.16. The van der Waals surface area contributed by atoms with Gasteiger partial charge in [-0.15, -0.1) is 11.3 Å². The van der Waals surface area contributed by atoms with Gasteiger partial charge in [-0.1, -0.05) is 12.1 Å². The molecule has 0 unspecified atom stereocenters. The molecule has 1 aromatic heterocycles. The van der Waals surface area contributed by atoms with Gasteiger partial charge in [0.25, 0.3) is 5.91 Å². The van der Waals surface area contributed by atoms with Crippen LogP contribution in [0.4, 0.5) is 0 Å². The van der Waals surface area contributed by atoms with Crippen molar-refractivity contribution in [2.45, 2.75) is 13.3 Å². The summed E-state index contributed by atoms with van der Waals surface area (Å²) in [6.45, 7) is 2.73. The fraction of sp³-hybridized carbons (Fsp3) is 0.312. The number of amides is 1. The van der Waals surface area contributed by atoms with E-state index in [0.717, 1.165) is 16.3 Å². The van der Waals surface area contributed by atoms with Gasteiger partial charge in [0.15, 0.2) is 0 Å². The molecule has 5 nitrogen and oxygen atoms in total. The van der Waals surface area contributed by atoms with Gasteiger partial charge in [-0.05, 0) is 25.5 Å². The highest BCUT2D eigenvalue weighted by atomic mass is 32.1. The van der Waals surface area contributed by atoms with Crippen molar-refractivity contribution >= 4 is 23.2 Å². The van der Waals surface area contributed by atoms with Crippen molar-refractivity contribution < 1.29 is 14.7 Å². The van der Waals surface area contributed by atoms with Crippen LogP contribution < -0.4 is 0 Å². The van der Waals surface area contributed by atoms with Crippen molar-refractivity contribution in [2.75, 3.05) is 13.1 Å². The van der Waals surface area contributed by atoms with Crippen molar-refractivity contribution in [1.82, 2.24) is 9.88 Å². The van der Waals surface area contributed by atoms with Crippen LogP contribution in [0.1, 0.15) is 21.8 Å². The summed E-state index contributed by atoms with van der Waals surface area (Å²) in [7, 11) is 0. The minimum Gasteiger partial charge on any atom is -0.481 e.